The van der Waals surface area contributed by atoms with Crippen molar-refractivity contribution in [2.45, 2.75) is 24.9 Å². The van der Waals surface area contributed by atoms with E-state index in [1.165, 1.54) is 11.3 Å². The number of hydrogen-bond donors (Lipinski definition) is 1. The zero-order valence-corrected chi connectivity index (χ0v) is 11.5. The highest BCUT2D eigenvalue weighted by Gasteiger charge is 2.41. The summed E-state index contributed by atoms with van der Waals surface area (Å²) in [6, 6.07) is 1.78. The van der Waals surface area contributed by atoms with Gasteiger partial charge in [0.2, 0.25) is 0 Å². The molecule has 0 saturated heterocycles. The molecule has 0 bridgehead atoms. The highest BCUT2D eigenvalue weighted by Crippen LogP contribution is 2.23. The van der Waals surface area contributed by atoms with Crippen LogP contribution in [-0.4, -0.2) is 36.8 Å². The summed E-state index contributed by atoms with van der Waals surface area (Å²) in [5, 5.41) is 11.3. The second kappa shape index (κ2) is 6.83. The Bertz CT molecular complexity index is 373. The summed E-state index contributed by atoms with van der Waals surface area (Å²) >= 11 is 4.62. The minimum Gasteiger partial charge on any atom is -0.390 e. The Morgan fingerprint density at radius 1 is 1.44 bits per heavy atom. The van der Waals surface area contributed by atoms with Crippen LogP contribution in [0, 0.1) is 0 Å². The first kappa shape index (κ1) is 15.9. The Hall–Kier alpha value is -0.180. The topological polar surface area (TPSA) is 29.5 Å². The highest BCUT2D eigenvalue weighted by molar-refractivity contribution is 9.10. The summed E-state index contributed by atoms with van der Waals surface area (Å²) in [6.07, 6.45) is -4.52. The van der Waals surface area contributed by atoms with Crippen LogP contribution in [-0.2, 0) is 11.2 Å². The van der Waals surface area contributed by atoms with Gasteiger partial charge in [-0.3, -0.25) is 0 Å². The van der Waals surface area contributed by atoms with E-state index in [4.69, 9.17) is 0 Å². The lowest BCUT2D eigenvalue weighted by Crippen LogP contribution is -2.34. The van der Waals surface area contributed by atoms with Crippen LogP contribution in [0.2, 0.25) is 0 Å². The zero-order chi connectivity index (χ0) is 13.8. The first-order chi connectivity index (χ1) is 8.31. The summed E-state index contributed by atoms with van der Waals surface area (Å²) in [5.74, 6) is -4.17. The largest absolute Gasteiger partial charge is 0.390 e. The Morgan fingerprint density at radius 2 is 2.11 bits per heavy atom. The van der Waals surface area contributed by atoms with Crippen molar-refractivity contribution in [1.82, 2.24) is 0 Å². The van der Waals surface area contributed by atoms with E-state index < -0.39 is 31.7 Å². The quantitative estimate of drug-likeness (QED) is 0.764. The molecule has 18 heavy (non-hydrogen) atoms. The lowest BCUT2D eigenvalue weighted by molar-refractivity contribution is -0.170. The van der Waals surface area contributed by atoms with Crippen LogP contribution in [0.15, 0.2) is 15.9 Å². The molecule has 0 radical (unpaired) electrons. The van der Waals surface area contributed by atoms with Gasteiger partial charge in [-0.05, 0) is 22.0 Å². The van der Waals surface area contributed by atoms with Gasteiger partial charge in [-0.25, -0.2) is 8.78 Å². The molecule has 1 N–H and O–H groups in total. The SMILES string of the molecule is OC(COCC(F)(F)C(F)F)Cc1cc(Br)cs1. The zero-order valence-electron chi connectivity index (χ0n) is 9.08. The number of thiophene rings is 1. The minimum absolute atomic E-state index is 0.233. The molecule has 1 rings (SSSR count). The monoisotopic (exact) mass is 350 g/mol. The molecule has 0 aliphatic carbocycles. The summed E-state index contributed by atoms with van der Waals surface area (Å²) in [6.45, 7) is -1.80. The van der Waals surface area contributed by atoms with E-state index in [1.54, 1.807) is 6.07 Å². The molecule has 0 amide bonds. The van der Waals surface area contributed by atoms with E-state index in [9.17, 15) is 22.7 Å². The van der Waals surface area contributed by atoms with Crippen molar-refractivity contribution in [2.24, 2.45) is 0 Å². The van der Waals surface area contributed by atoms with Gasteiger partial charge >= 0.3 is 12.3 Å². The van der Waals surface area contributed by atoms with Crippen molar-refractivity contribution in [1.29, 1.82) is 0 Å². The number of alkyl halides is 4. The molecule has 1 unspecified atom stereocenters. The summed E-state index contributed by atoms with van der Waals surface area (Å²) in [4.78, 5) is 0.846. The highest BCUT2D eigenvalue weighted by atomic mass is 79.9. The molecule has 1 aromatic rings. The van der Waals surface area contributed by atoms with Crippen molar-refractivity contribution >= 4 is 27.3 Å². The molecule has 0 fully saturated rings. The van der Waals surface area contributed by atoms with Crippen LogP contribution in [0.1, 0.15) is 4.88 Å². The molecular formula is C10H11BrF4O2S. The summed E-state index contributed by atoms with van der Waals surface area (Å²) < 4.78 is 53.8. The maximum Gasteiger partial charge on any atom is 0.330 e. The van der Waals surface area contributed by atoms with Crippen LogP contribution in [0.25, 0.3) is 0 Å². The normalized spacial score (nSPS) is 14.2. The van der Waals surface area contributed by atoms with Gasteiger partial charge in [-0.15, -0.1) is 11.3 Å². The second-order valence-electron chi connectivity index (χ2n) is 3.67. The predicted octanol–water partition coefficient (Wildman–Crippen LogP) is 3.33. The molecule has 0 saturated carbocycles. The smallest absolute Gasteiger partial charge is 0.330 e. The first-order valence-electron chi connectivity index (χ1n) is 4.96. The molecule has 0 spiro atoms. The third kappa shape index (κ3) is 5.21. The van der Waals surface area contributed by atoms with Crippen molar-refractivity contribution in [3.05, 3.63) is 20.8 Å². The molecule has 2 nitrogen and oxygen atoms in total. The number of rotatable bonds is 7. The van der Waals surface area contributed by atoms with Crippen LogP contribution in [0.4, 0.5) is 17.6 Å². The van der Waals surface area contributed by atoms with Gasteiger partial charge in [0.1, 0.15) is 6.61 Å². The van der Waals surface area contributed by atoms with Crippen molar-refractivity contribution in [3.63, 3.8) is 0 Å². The molecule has 8 heteroatoms. The van der Waals surface area contributed by atoms with E-state index in [1.807, 2.05) is 5.38 Å². The summed E-state index contributed by atoms with van der Waals surface area (Å²) in [5.41, 5.74) is 0. The maximum absolute atomic E-state index is 12.5. The lowest BCUT2D eigenvalue weighted by atomic mass is 10.2. The Kier molecular flexibility index (Phi) is 6.03. The fourth-order valence-corrected chi connectivity index (χ4v) is 2.67. The number of hydrogen-bond acceptors (Lipinski definition) is 3. The van der Waals surface area contributed by atoms with Crippen LogP contribution in [0.3, 0.4) is 0 Å². The second-order valence-corrected chi connectivity index (χ2v) is 5.58. The van der Waals surface area contributed by atoms with Gasteiger partial charge in [0.15, 0.2) is 0 Å². The molecule has 1 heterocycles. The molecule has 1 atom stereocenters. The van der Waals surface area contributed by atoms with Gasteiger partial charge in [-0.1, -0.05) is 0 Å². The number of aliphatic hydroxyl groups excluding tert-OH is 1. The van der Waals surface area contributed by atoms with E-state index in [-0.39, 0.29) is 6.42 Å². The average Bonchev–Trinajstić information content (AvgIpc) is 2.63. The van der Waals surface area contributed by atoms with Gasteiger partial charge < -0.3 is 9.84 Å². The van der Waals surface area contributed by atoms with Crippen LogP contribution in [0.5, 0.6) is 0 Å². The van der Waals surface area contributed by atoms with E-state index in [0.29, 0.717) is 0 Å². The fraction of sp³-hybridized carbons (Fsp3) is 0.600. The first-order valence-corrected chi connectivity index (χ1v) is 6.63. The summed E-state index contributed by atoms with van der Waals surface area (Å²) in [7, 11) is 0. The third-order valence-corrected chi connectivity index (χ3v) is 3.70. The number of aliphatic hydroxyl groups is 1. The van der Waals surface area contributed by atoms with Gasteiger partial charge in [0.25, 0.3) is 0 Å². The third-order valence-electron chi connectivity index (χ3n) is 1.98. The molecule has 0 aliphatic rings. The lowest BCUT2D eigenvalue weighted by Gasteiger charge is -2.16. The number of ether oxygens (including phenoxy) is 1. The van der Waals surface area contributed by atoms with E-state index in [0.717, 1.165) is 9.35 Å². The van der Waals surface area contributed by atoms with E-state index in [2.05, 4.69) is 20.7 Å². The average molecular weight is 351 g/mol. The van der Waals surface area contributed by atoms with Gasteiger partial charge in [0, 0.05) is 21.2 Å². The minimum atomic E-state index is -4.17. The fourth-order valence-electron chi connectivity index (χ4n) is 1.15. The maximum atomic E-state index is 12.5. The van der Waals surface area contributed by atoms with Crippen LogP contribution < -0.4 is 0 Å². The molecule has 0 aromatic carbocycles. The van der Waals surface area contributed by atoms with Gasteiger partial charge in [-0.2, -0.15) is 8.78 Å². The van der Waals surface area contributed by atoms with Crippen molar-refractivity contribution < 1.29 is 27.4 Å². The molecular weight excluding hydrogens is 340 g/mol. The predicted molar refractivity (Wildman–Crippen MR) is 63.5 cm³/mol. The Morgan fingerprint density at radius 3 is 2.61 bits per heavy atom. The van der Waals surface area contributed by atoms with Crippen molar-refractivity contribution in [2.75, 3.05) is 13.2 Å². The Balaban J connectivity index is 2.27. The standard InChI is InChI=1S/C10H11BrF4O2S/c11-6-1-8(18-4-6)2-7(16)3-17-5-10(14,15)9(12)13/h1,4,7,9,16H,2-3,5H2. The van der Waals surface area contributed by atoms with Gasteiger partial charge in [0.05, 0.1) is 12.7 Å². The number of halogens is 5. The van der Waals surface area contributed by atoms with E-state index >= 15 is 0 Å². The van der Waals surface area contributed by atoms with Crippen LogP contribution >= 0.6 is 27.3 Å². The Labute approximate surface area is 114 Å². The molecule has 1 aromatic heterocycles. The van der Waals surface area contributed by atoms with Crippen molar-refractivity contribution in [3.8, 4) is 0 Å². The molecule has 0 aliphatic heterocycles. The molecule has 104 valence electrons.